The van der Waals surface area contributed by atoms with E-state index in [1.165, 1.54) is 7.11 Å². The van der Waals surface area contributed by atoms with Crippen LogP contribution in [-0.2, 0) is 14.4 Å². The van der Waals surface area contributed by atoms with Gasteiger partial charge in [-0.1, -0.05) is 5.92 Å². The zero-order valence-electron chi connectivity index (χ0n) is 15.7. The number of ether oxygens (including phenoxy) is 1. The van der Waals surface area contributed by atoms with Crippen molar-refractivity contribution >= 4 is 11.8 Å². The summed E-state index contributed by atoms with van der Waals surface area (Å²) in [5.41, 5.74) is 2.83. The van der Waals surface area contributed by atoms with Gasteiger partial charge in [-0.05, 0) is 63.8 Å². The number of hydrogen-bond acceptors (Lipinski definition) is 4. The van der Waals surface area contributed by atoms with E-state index in [2.05, 4.69) is 33.4 Å². The molecule has 2 N–H and O–H groups in total. The summed E-state index contributed by atoms with van der Waals surface area (Å²) in [5.74, 6) is 6.57. The van der Waals surface area contributed by atoms with Crippen LogP contribution in [0.25, 0.3) is 0 Å². The topological polar surface area (TPSA) is 76.7 Å². The van der Waals surface area contributed by atoms with Crippen molar-refractivity contribution in [3.05, 3.63) is 35.4 Å². The molecule has 0 saturated carbocycles. The first-order valence-electron chi connectivity index (χ1n) is 8.06. The van der Waals surface area contributed by atoms with Gasteiger partial charge in [0.2, 0.25) is 0 Å². The van der Waals surface area contributed by atoms with Crippen molar-refractivity contribution in [2.45, 2.75) is 45.4 Å². The number of amides is 2. The number of hydrogen-bond donors (Lipinski definition) is 2. The first-order valence-corrected chi connectivity index (χ1v) is 8.06. The molecule has 26 heavy (non-hydrogen) atoms. The Labute approximate surface area is 154 Å². The molecule has 6 nitrogen and oxygen atoms in total. The summed E-state index contributed by atoms with van der Waals surface area (Å²) in [6, 6.07) is 5.65. The van der Waals surface area contributed by atoms with Crippen molar-refractivity contribution < 1.29 is 19.2 Å². The van der Waals surface area contributed by atoms with Gasteiger partial charge >= 0.3 is 0 Å². The second-order valence-corrected chi connectivity index (χ2v) is 6.53. The van der Waals surface area contributed by atoms with Crippen molar-refractivity contribution in [1.82, 2.24) is 10.8 Å². The Bertz CT molecular complexity index is 730. The van der Waals surface area contributed by atoms with Crippen molar-refractivity contribution in [2.24, 2.45) is 0 Å². The third kappa shape index (κ3) is 6.98. The molecule has 0 bridgehead atoms. The average molecular weight is 356 g/mol. The van der Waals surface area contributed by atoms with Crippen LogP contribution in [0.15, 0.2) is 24.3 Å². The SMILES string of the molecule is C#CC#Cc1ccc(C(=O)NC(C(=O)NOC)[C@@H](C)OC(C)(C)C)cc1. The molecule has 0 aliphatic rings. The van der Waals surface area contributed by atoms with Gasteiger partial charge in [-0.2, -0.15) is 0 Å². The van der Waals surface area contributed by atoms with Crippen LogP contribution in [0.4, 0.5) is 0 Å². The minimum atomic E-state index is -0.928. The van der Waals surface area contributed by atoms with Gasteiger partial charge in [-0.15, -0.1) is 6.42 Å². The maximum atomic E-state index is 12.5. The van der Waals surface area contributed by atoms with E-state index in [0.29, 0.717) is 11.1 Å². The molecule has 1 unspecified atom stereocenters. The maximum Gasteiger partial charge on any atom is 0.268 e. The van der Waals surface area contributed by atoms with Gasteiger partial charge in [-0.3, -0.25) is 14.4 Å². The van der Waals surface area contributed by atoms with E-state index in [-0.39, 0.29) is 0 Å². The van der Waals surface area contributed by atoms with Crippen LogP contribution < -0.4 is 10.8 Å². The van der Waals surface area contributed by atoms with Crippen LogP contribution in [0.5, 0.6) is 0 Å². The molecule has 0 heterocycles. The van der Waals surface area contributed by atoms with Crippen LogP contribution in [0.2, 0.25) is 0 Å². The van der Waals surface area contributed by atoms with Gasteiger partial charge < -0.3 is 10.1 Å². The fraction of sp³-hybridized carbons (Fsp3) is 0.400. The van der Waals surface area contributed by atoms with E-state index in [4.69, 9.17) is 11.2 Å². The van der Waals surface area contributed by atoms with E-state index in [0.717, 1.165) is 0 Å². The van der Waals surface area contributed by atoms with Gasteiger partial charge in [-0.25, -0.2) is 5.48 Å². The number of terminal acetylenes is 1. The highest BCUT2D eigenvalue weighted by molar-refractivity contribution is 5.97. The molecule has 138 valence electrons. The van der Waals surface area contributed by atoms with Crippen LogP contribution in [0, 0.1) is 24.2 Å². The van der Waals surface area contributed by atoms with Crippen molar-refractivity contribution in [2.75, 3.05) is 7.11 Å². The molecule has 2 amide bonds. The second kappa shape index (κ2) is 9.62. The predicted octanol–water partition coefficient (Wildman–Crippen LogP) is 1.65. The molecule has 0 saturated heterocycles. The Morgan fingerprint density at radius 2 is 1.81 bits per heavy atom. The predicted molar refractivity (Wildman–Crippen MR) is 98.9 cm³/mol. The van der Waals surface area contributed by atoms with Gasteiger partial charge in [0, 0.05) is 11.1 Å². The largest absolute Gasteiger partial charge is 0.370 e. The molecule has 0 aliphatic heterocycles. The quantitative estimate of drug-likeness (QED) is 0.600. The lowest BCUT2D eigenvalue weighted by molar-refractivity contribution is -0.140. The average Bonchev–Trinajstić information content (AvgIpc) is 2.56. The first-order chi connectivity index (χ1) is 12.2. The molecule has 1 rings (SSSR count). The fourth-order valence-electron chi connectivity index (χ4n) is 2.22. The van der Waals surface area contributed by atoms with E-state index in [9.17, 15) is 9.59 Å². The van der Waals surface area contributed by atoms with Crippen molar-refractivity contribution in [3.8, 4) is 24.2 Å². The smallest absolute Gasteiger partial charge is 0.268 e. The molecule has 0 fully saturated rings. The zero-order valence-corrected chi connectivity index (χ0v) is 15.7. The summed E-state index contributed by atoms with van der Waals surface area (Å²) in [4.78, 5) is 29.4. The Morgan fingerprint density at radius 1 is 1.19 bits per heavy atom. The Kier molecular flexibility index (Phi) is 7.86. The third-order valence-electron chi connectivity index (χ3n) is 3.21. The number of hydroxylamine groups is 1. The molecule has 0 aromatic heterocycles. The Hall–Kier alpha value is -2.80. The molecular weight excluding hydrogens is 332 g/mol. The zero-order chi connectivity index (χ0) is 19.7. The number of carbonyl (C=O) groups is 2. The van der Waals surface area contributed by atoms with Gasteiger partial charge in [0.15, 0.2) is 0 Å². The summed E-state index contributed by atoms with van der Waals surface area (Å²) >= 11 is 0. The summed E-state index contributed by atoms with van der Waals surface area (Å²) in [6.07, 6.45) is 4.51. The summed E-state index contributed by atoms with van der Waals surface area (Å²) in [5, 5.41) is 2.68. The lowest BCUT2D eigenvalue weighted by atomic mass is 10.1. The number of nitrogens with one attached hydrogen (secondary N) is 2. The summed E-state index contributed by atoms with van der Waals surface area (Å²) in [6.45, 7) is 7.32. The number of rotatable bonds is 6. The van der Waals surface area contributed by atoms with Gasteiger partial charge in [0.05, 0.1) is 18.8 Å². The lowest BCUT2D eigenvalue weighted by Gasteiger charge is -2.30. The molecule has 0 radical (unpaired) electrons. The highest BCUT2D eigenvalue weighted by Gasteiger charge is 2.31. The Balaban J connectivity index is 2.94. The monoisotopic (exact) mass is 356 g/mol. The van der Waals surface area contributed by atoms with E-state index < -0.39 is 29.6 Å². The molecule has 6 heteroatoms. The standard InChI is InChI=1S/C20H24N2O4/c1-7-8-9-15-10-12-16(13-11-15)18(23)21-17(19(24)22-25-6)14(2)26-20(3,4)5/h1,10-14,17H,2-6H3,(H,21,23)(H,22,24)/t14-,17?/m1/s1. The molecule has 0 aliphatic carbocycles. The first kappa shape index (κ1) is 21.2. The van der Waals surface area contributed by atoms with Crippen LogP contribution in [-0.4, -0.2) is 36.7 Å². The second-order valence-electron chi connectivity index (χ2n) is 6.53. The fourth-order valence-corrected chi connectivity index (χ4v) is 2.22. The maximum absolute atomic E-state index is 12.5. The highest BCUT2D eigenvalue weighted by atomic mass is 16.6. The van der Waals surface area contributed by atoms with Crippen molar-refractivity contribution in [1.29, 1.82) is 0 Å². The van der Waals surface area contributed by atoms with Crippen molar-refractivity contribution in [3.63, 3.8) is 0 Å². The van der Waals surface area contributed by atoms with Gasteiger partial charge in [0.25, 0.3) is 11.8 Å². The lowest BCUT2D eigenvalue weighted by Crippen LogP contribution is -2.54. The van der Waals surface area contributed by atoms with Gasteiger partial charge in [0.1, 0.15) is 6.04 Å². The minimum Gasteiger partial charge on any atom is -0.370 e. The van der Waals surface area contributed by atoms with E-state index in [1.807, 2.05) is 20.8 Å². The van der Waals surface area contributed by atoms with E-state index >= 15 is 0 Å². The highest BCUT2D eigenvalue weighted by Crippen LogP contribution is 2.14. The molecule has 1 aromatic carbocycles. The van der Waals surface area contributed by atoms with Crippen LogP contribution in [0.3, 0.4) is 0 Å². The van der Waals surface area contributed by atoms with Crippen LogP contribution >= 0.6 is 0 Å². The summed E-state index contributed by atoms with van der Waals surface area (Å²) in [7, 11) is 1.32. The van der Waals surface area contributed by atoms with Crippen LogP contribution in [0.1, 0.15) is 43.6 Å². The molecule has 2 atom stereocenters. The molecule has 1 aromatic rings. The Morgan fingerprint density at radius 3 is 2.31 bits per heavy atom. The van der Waals surface area contributed by atoms with E-state index in [1.54, 1.807) is 31.2 Å². The minimum absolute atomic E-state index is 0.384. The molecule has 0 spiro atoms. The number of benzene rings is 1. The third-order valence-corrected chi connectivity index (χ3v) is 3.21. The summed E-state index contributed by atoms with van der Waals surface area (Å²) < 4.78 is 5.80. The number of carbonyl (C=O) groups excluding carboxylic acids is 2. The normalized spacial score (nSPS) is 12.8. The molecular formula is C20H24N2O4.